The number of hydrogen-bond donors (Lipinski definition) is 1. The lowest BCUT2D eigenvalue weighted by atomic mass is 10.3. The zero-order chi connectivity index (χ0) is 6.85. The van der Waals surface area contributed by atoms with Gasteiger partial charge in [0.05, 0.1) is 0 Å². The van der Waals surface area contributed by atoms with Crippen molar-refractivity contribution in [3.8, 4) is 0 Å². The number of hydrogen-bond acceptors (Lipinski definition) is 1. The van der Waals surface area contributed by atoms with Gasteiger partial charge in [0.2, 0.25) is 0 Å². The molecule has 0 aliphatic heterocycles. The Morgan fingerprint density at radius 1 is 1.44 bits per heavy atom. The van der Waals surface area contributed by atoms with E-state index in [0.717, 1.165) is 10.2 Å². The van der Waals surface area contributed by atoms with Gasteiger partial charge in [-0.05, 0) is 56.7 Å². The molecule has 48 valence electrons. The molecule has 3 heteroatoms. The standard InChI is InChI=1S/C6H5BrIN/c7-5-3-4(9)1-2-6(5)8/h1-3H,9H2. The molecule has 9 heavy (non-hydrogen) atoms. The molecule has 0 aromatic heterocycles. The Labute approximate surface area is 75.9 Å². The van der Waals surface area contributed by atoms with Crippen molar-refractivity contribution < 1.29 is 0 Å². The molecule has 0 saturated carbocycles. The summed E-state index contributed by atoms with van der Waals surface area (Å²) < 4.78 is 2.24. The predicted octanol–water partition coefficient (Wildman–Crippen LogP) is 2.64. The molecule has 0 aliphatic rings. The van der Waals surface area contributed by atoms with Crippen molar-refractivity contribution in [2.24, 2.45) is 0 Å². The second kappa shape index (κ2) is 2.88. The number of nitrogen functional groups attached to an aromatic ring is 1. The molecule has 0 amide bonds. The van der Waals surface area contributed by atoms with Gasteiger partial charge in [0.1, 0.15) is 0 Å². The smallest absolute Gasteiger partial charge is 0.0329 e. The van der Waals surface area contributed by atoms with Crippen LogP contribution >= 0.6 is 38.5 Å². The largest absolute Gasteiger partial charge is 0.399 e. The van der Waals surface area contributed by atoms with Crippen molar-refractivity contribution in [1.82, 2.24) is 0 Å². The Hall–Kier alpha value is 0.230. The van der Waals surface area contributed by atoms with Gasteiger partial charge >= 0.3 is 0 Å². The number of rotatable bonds is 0. The molecule has 0 heterocycles. The first-order valence-electron chi connectivity index (χ1n) is 2.40. The van der Waals surface area contributed by atoms with E-state index >= 15 is 0 Å². The first-order chi connectivity index (χ1) is 4.20. The van der Waals surface area contributed by atoms with E-state index in [1.807, 2.05) is 18.2 Å². The van der Waals surface area contributed by atoms with E-state index in [9.17, 15) is 0 Å². The summed E-state index contributed by atoms with van der Waals surface area (Å²) in [5.41, 5.74) is 6.29. The van der Waals surface area contributed by atoms with Crippen LogP contribution in [0.25, 0.3) is 0 Å². The highest BCUT2D eigenvalue weighted by Gasteiger charge is 1.93. The SMILES string of the molecule is Nc1ccc(I)c(Br)c1. The first kappa shape index (κ1) is 7.34. The summed E-state index contributed by atoms with van der Waals surface area (Å²) in [4.78, 5) is 0. The van der Waals surface area contributed by atoms with Gasteiger partial charge in [0.25, 0.3) is 0 Å². The molecule has 2 N–H and O–H groups in total. The maximum absolute atomic E-state index is 5.49. The maximum Gasteiger partial charge on any atom is 0.0329 e. The van der Waals surface area contributed by atoms with E-state index in [4.69, 9.17) is 5.73 Å². The molecule has 0 atom stereocenters. The summed E-state index contributed by atoms with van der Waals surface area (Å²) in [5.74, 6) is 0. The third-order valence-electron chi connectivity index (χ3n) is 0.944. The van der Waals surface area contributed by atoms with Gasteiger partial charge in [-0.1, -0.05) is 0 Å². The van der Waals surface area contributed by atoms with Crippen LogP contribution in [-0.4, -0.2) is 0 Å². The van der Waals surface area contributed by atoms with Crippen LogP contribution in [-0.2, 0) is 0 Å². The minimum absolute atomic E-state index is 0.794. The Morgan fingerprint density at radius 2 is 2.11 bits per heavy atom. The fourth-order valence-electron chi connectivity index (χ4n) is 0.512. The van der Waals surface area contributed by atoms with Gasteiger partial charge in [0, 0.05) is 13.7 Å². The molecule has 1 rings (SSSR count). The molecular weight excluding hydrogens is 293 g/mol. The number of nitrogens with two attached hydrogens (primary N) is 1. The van der Waals surface area contributed by atoms with Crippen LogP contribution < -0.4 is 5.73 Å². The number of benzene rings is 1. The minimum atomic E-state index is 0.794. The molecule has 0 unspecified atom stereocenters. The lowest BCUT2D eigenvalue weighted by Gasteiger charge is -1.95. The van der Waals surface area contributed by atoms with Gasteiger partial charge in [-0.3, -0.25) is 0 Å². The molecule has 0 bridgehead atoms. The van der Waals surface area contributed by atoms with Crippen molar-refractivity contribution in [3.63, 3.8) is 0 Å². The van der Waals surface area contributed by atoms with Crippen molar-refractivity contribution in [2.75, 3.05) is 5.73 Å². The lowest BCUT2D eigenvalue weighted by molar-refractivity contribution is 1.58. The van der Waals surface area contributed by atoms with E-state index in [1.165, 1.54) is 3.57 Å². The van der Waals surface area contributed by atoms with Gasteiger partial charge in [-0.2, -0.15) is 0 Å². The van der Waals surface area contributed by atoms with Crippen LogP contribution in [0.4, 0.5) is 5.69 Å². The minimum Gasteiger partial charge on any atom is -0.399 e. The maximum atomic E-state index is 5.49. The Morgan fingerprint density at radius 3 is 2.56 bits per heavy atom. The highest BCUT2D eigenvalue weighted by Crippen LogP contribution is 2.20. The molecule has 0 radical (unpaired) electrons. The quantitative estimate of drug-likeness (QED) is 0.578. The van der Waals surface area contributed by atoms with Gasteiger partial charge in [0.15, 0.2) is 0 Å². The fourth-order valence-corrected chi connectivity index (χ4v) is 1.24. The average molecular weight is 298 g/mol. The monoisotopic (exact) mass is 297 g/mol. The zero-order valence-electron chi connectivity index (χ0n) is 4.57. The summed E-state index contributed by atoms with van der Waals surface area (Å²) in [7, 11) is 0. The second-order valence-corrected chi connectivity index (χ2v) is 3.69. The molecule has 1 aromatic rings. The van der Waals surface area contributed by atoms with Crippen LogP contribution in [0.5, 0.6) is 0 Å². The van der Waals surface area contributed by atoms with E-state index < -0.39 is 0 Å². The van der Waals surface area contributed by atoms with E-state index in [-0.39, 0.29) is 0 Å². The highest BCUT2D eigenvalue weighted by molar-refractivity contribution is 14.1. The summed E-state index contributed by atoms with van der Waals surface area (Å²) in [6.07, 6.45) is 0. The van der Waals surface area contributed by atoms with Gasteiger partial charge in [-0.25, -0.2) is 0 Å². The normalized spacial score (nSPS) is 9.56. The molecular formula is C6H5BrIN. The predicted molar refractivity (Wildman–Crippen MR) is 51.3 cm³/mol. The molecule has 1 nitrogen and oxygen atoms in total. The van der Waals surface area contributed by atoms with Crippen molar-refractivity contribution in [1.29, 1.82) is 0 Å². The van der Waals surface area contributed by atoms with Crippen LogP contribution in [0.2, 0.25) is 0 Å². The molecule has 1 aromatic carbocycles. The summed E-state index contributed by atoms with van der Waals surface area (Å²) in [6, 6.07) is 5.74. The van der Waals surface area contributed by atoms with E-state index in [2.05, 4.69) is 38.5 Å². The van der Waals surface area contributed by atoms with Crippen molar-refractivity contribution in [3.05, 3.63) is 26.2 Å². The summed E-state index contributed by atoms with van der Waals surface area (Å²) >= 11 is 5.60. The number of halogens is 2. The van der Waals surface area contributed by atoms with Crippen LogP contribution in [0.3, 0.4) is 0 Å². The fraction of sp³-hybridized carbons (Fsp3) is 0. The molecule has 0 aliphatic carbocycles. The van der Waals surface area contributed by atoms with E-state index in [1.54, 1.807) is 0 Å². The van der Waals surface area contributed by atoms with Crippen molar-refractivity contribution >= 4 is 44.2 Å². The van der Waals surface area contributed by atoms with Crippen LogP contribution in [0, 0.1) is 3.57 Å². The molecule has 0 spiro atoms. The Kier molecular flexibility index (Phi) is 2.35. The molecule has 0 fully saturated rings. The third kappa shape index (κ3) is 1.82. The van der Waals surface area contributed by atoms with E-state index in [0.29, 0.717) is 0 Å². The summed E-state index contributed by atoms with van der Waals surface area (Å²) in [6.45, 7) is 0. The highest BCUT2D eigenvalue weighted by atomic mass is 127. The number of anilines is 1. The average Bonchev–Trinajstić information content (AvgIpc) is 1.80. The molecule has 0 saturated heterocycles. The lowest BCUT2D eigenvalue weighted by Crippen LogP contribution is -1.84. The zero-order valence-corrected chi connectivity index (χ0v) is 8.31. The Bertz CT molecular complexity index is 224. The van der Waals surface area contributed by atoms with Gasteiger partial charge in [-0.15, -0.1) is 0 Å². The second-order valence-electron chi connectivity index (χ2n) is 1.67. The first-order valence-corrected chi connectivity index (χ1v) is 4.28. The summed E-state index contributed by atoms with van der Waals surface area (Å²) in [5, 5.41) is 0. The van der Waals surface area contributed by atoms with Gasteiger partial charge < -0.3 is 5.73 Å². The van der Waals surface area contributed by atoms with Crippen LogP contribution in [0.1, 0.15) is 0 Å². The van der Waals surface area contributed by atoms with Crippen LogP contribution in [0.15, 0.2) is 22.7 Å². The van der Waals surface area contributed by atoms with Crippen molar-refractivity contribution in [2.45, 2.75) is 0 Å². The topological polar surface area (TPSA) is 26.0 Å². The third-order valence-corrected chi connectivity index (χ3v) is 3.28. The Balaban J connectivity index is 3.17.